The smallest absolute Gasteiger partial charge is 0.174 e. The molecule has 2 saturated heterocycles. The van der Waals surface area contributed by atoms with Crippen LogP contribution in [0.25, 0.3) is 5.69 Å². The Bertz CT molecular complexity index is 1620. The Morgan fingerprint density at radius 1 is 0.881 bits per heavy atom. The predicted molar refractivity (Wildman–Crippen MR) is 180 cm³/mol. The summed E-state index contributed by atoms with van der Waals surface area (Å²) in [6.45, 7) is 13.2. The number of hydrogen-bond acceptors (Lipinski definition) is 3. The van der Waals surface area contributed by atoms with Crippen LogP contribution in [0.1, 0.15) is 60.6 Å². The first-order chi connectivity index (χ1) is 20.1. The van der Waals surface area contributed by atoms with Crippen molar-refractivity contribution in [3.05, 3.63) is 105 Å². The molecule has 4 heterocycles. The molecule has 2 fully saturated rings. The molecule has 4 atom stereocenters. The Kier molecular flexibility index (Phi) is 7.99. The molecule has 0 bridgehead atoms. The van der Waals surface area contributed by atoms with Crippen LogP contribution in [0.5, 0.6) is 0 Å². The van der Waals surface area contributed by atoms with E-state index in [0.717, 1.165) is 46.6 Å². The number of rotatable bonds is 5. The van der Waals surface area contributed by atoms with Crippen LogP contribution in [-0.2, 0) is 0 Å². The van der Waals surface area contributed by atoms with Gasteiger partial charge in [0.05, 0.1) is 28.5 Å². The number of benzene rings is 2. The maximum atomic E-state index is 7.06. The van der Waals surface area contributed by atoms with Crippen LogP contribution in [0, 0.1) is 32.6 Å². The summed E-state index contributed by atoms with van der Waals surface area (Å²) in [5.74, 6) is 1.28. The molecule has 5 nitrogen and oxygen atoms in total. The normalized spacial score (nSPS) is 22.5. The number of nitrogens with one attached hydrogen (secondary N) is 1. The van der Waals surface area contributed by atoms with Gasteiger partial charge in [-0.2, -0.15) is 0 Å². The lowest BCUT2D eigenvalue weighted by Crippen LogP contribution is -2.38. The van der Waals surface area contributed by atoms with Gasteiger partial charge in [0.15, 0.2) is 5.11 Å². The number of thiocarbonyl (C=S) groups is 1. The second kappa shape index (κ2) is 11.6. The maximum absolute atomic E-state index is 7.06. The highest BCUT2D eigenvalue weighted by Gasteiger charge is 2.43. The molecule has 42 heavy (non-hydrogen) atoms. The summed E-state index contributed by atoms with van der Waals surface area (Å²) >= 11 is 19.5. The number of piperidine rings is 1. The van der Waals surface area contributed by atoms with Gasteiger partial charge >= 0.3 is 0 Å². The first kappa shape index (κ1) is 29.0. The molecular weight excluding hydrogens is 581 g/mol. The Hall–Kier alpha value is -3.06. The molecule has 2 aromatic heterocycles. The van der Waals surface area contributed by atoms with Crippen LogP contribution < -0.4 is 15.1 Å². The summed E-state index contributed by atoms with van der Waals surface area (Å²) in [6.07, 6.45) is 3.09. The molecular formula is C34H37Cl2N5S. The van der Waals surface area contributed by atoms with E-state index in [-0.39, 0.29) is 12.1 Å². The van der Waals surface area contributed by atoms with Gasteiger partial charge in [-0.05, 0) is 105 Å². The van der Waals surface area contributed by atoms with Crippen molar-refractivity contribution >= 4 is 51.9 Å². The number of nitrogens with zero attached hydrogens (tertiary/aromatic N) is 4. The van der Waals surface area contributed by atoms with Crippen molar-refractivity contribution in [2.45, 2.75) is 53.1 Å². The largest absolute Gasteiger partial charge is 0.370 e. The molecule has 8 heteroatoms. The van der Waals surface area contributed by atoms with Crippen molar-refractivity contribution < 1.29 is 0 Å². The molecule has 2 aliphatic heterocycles. The minimum Gasteiger partial charge on any atom is -0.370 e. The van der Waals surface area contributed by atoms with E-state index < -0.39 is 0 Å². The Morgan fingerprint density at radius 3 is 2.31 bits per heavy atom. The van der Waals surface area contributed by atoms with E-state index in [1.165, 1.54) is 23.2 Å². The average Bonchev–Trinajstić information content (AvgIpc) is 3.40. The summed E-state index contributed by atoms with van der Waals surface area (Å²) in [5.41, 5.74) is 8.79. The van der Waals surface area contributed by atoms with Gasteiger partial charge in [0.25, 0.3) is 0 Å². The maximum Gasteiger partial charge on any atom is 0.174 e. The van der Waals surface area contributed by atoms with Crippen LogP contribution in [0.15, 0.2) is 66.9 Å². The minimum atomic E-state index is -0.145. The molecule has 0 unspecified atom stereocenters. The number of anilines is 2. The second-order valence-corrected chi connectivity index (χ2v) is 13.2. The standard InChI is InChI=1S/C34H37Cl2N5S/c1-20-15-21(2)19-39(18-20)30-13-12-27(17-28(30)36)41-33(32(38-34(41)42)29-11-6-7-14-37-29)31-22(3)23(4)40(24(31)5)26-10-8-9-25(35)16-26/h6-14,16-17,20-21,32-33H,15,18-19H2,1-5H3,(H,38,42)/t20-,21-,32-,33+/m0/s1. The third-order valence-corrected chi connectivity index (χ3v) is 9.74. The van der Waals surface area contributed by atoms with E-state index in [0.29, 0.717) is 22.0 Å². The summed E-state index contributed by atoms with van der Waals surface area (Å²) < 4.78 is 2.29. The lowest BCUT2D eigenvalue weighted by molar-refractivity contribution is 0.357. The molecule has 2 aliphatic rings. The van der Waals surface area contributed by atoms with E-state index in [2.05, 4.69) is 84.6 Å². The molecule has 0 spiro atoms. The van der Waals surface area contributed by atoms with Gasteiger partial charge in [0, 0.05) is 52.6 Å². The Morgan fingerprint density at radius 2 is 1.64 bits per heavy atom. The van der Waals surface area contributed by atoms with Crippen molar-refractivity contribution in [1.82, 2.24) is 14.9 Å². The molecule has 1 N–H and O–H groups in total. The SMILES string of the molecule is Cc1c([C@@H]2[C@H](c3ccccn3)NC(=S)N2c2ccc(N3C[C@@H](C)C[C@H](C)C3)c(Cl)c2)c(C)n(-c2cccc(Cl)c2)c1C. The second-order valence-electron chi connectivity index (χ2n) is 12.0. The quantitative estimate of drug-likeness (QED) is 0.226. The summed E-state index contributed by atoms with van der Waals surface area (Å²) in [6, 6.07) is 20.2. The first-order valence-corrected chi connectivity index (χ1v) is 15.8. The van der Waals surface area contributed by atoms with Gasteiger partial charge in [-0.15, -0.1) is 0 Å². The Balaban J connectivity index is 1.47. The molecule has 4 aromatic rings. The summed E-state index contributed by atoms with van der Waals surface area (Å²) in [7, 11) is 0. The summed E-state index contributed by atoms with van der Waals surface area (Å²) in [4.78, 5) is 9.42. The van der Waals surface area contributed by atoms with Crippen molar-refractivity contribution in [2.24, 2.45) is 11.8 Å². The Labute approximate surface area is 264 Å². The van der Waals surface area contributed by atoms with Crippen LogP contribution in [-0.4, -0.2) is 27.8 Å². The molecule has 0 amide bonds. The first-order valence-electron chi connectivity index (χ1n) is 14.6. The zero-order valence-electron chi connectivity index (χ0n) is 24.7. The number of aromatic nitrogens is 2. The topological polar surface area (TPSA) is 36.3 Å². The zero-order chi connectivity index (χ0) is 29.7. The third kappa shape index (κ3) is 5.18. The fourth-order valence-electron chi connectivity index (χ4n) is 7.13. The van der Waals surface area contributed by atoms with Gasteiger partial charge < -0.3 is 19.7 Å². The van der Waals surface area contributed by atoms with Crippen LogP contribution >= 0.6 is 35.4 Å². The fourth-order valence-corrected chi connectivity index (χ4v) is 7.96. The highest BCUT2D eigenvalue weighted by atomic mass is 35.5. The minimum absolute atomic E-state index is 0.136. The monoisotopic (exact) mass is 617 g/mol. The lowest BCUT2D eigenvalue weighted by Gasteiger charge is -2.37. The average molecular weight is 619 g/mol. The van der Waals surface area contributed by atoms with Gasteiger partial charge in [-0.25, -0.2) is 0 Å². The molecule has 6 rings (SSSR count). The summed E-state index contributed by atoms with van der Waals surface area (Å²) in [5, 5.41) is 5.74. The van der Waals surface area contributed by atoms with E-state index in [9.17, 15) is 0 Å². The highest BCUT2D eigenvalue weighted by Crippen LogP contribution is 2.46. The third-order valence-electron chi connectivity index (χ3n) is 8.89. The molecule has 218 valence electrons. The van der Waals surface area contributed by atoms with E-state index in [1.807, 2.05) is 36.5 Å². The predicted octanol–water partition coefficient (Wildman–Crippen LogP) is 8.76. The van der Waals surface area contributed by atoms with Crippen molar-refractivity contribution in [1.29, 1.82) is 0 Å². The molecule has 0 saturated carbocycles. The van der Waals surface area contributed by atoms with E-state index >= 15 is 0 Å². The van der Waals surface area contributed by atoms with E-state index in [1.54, 1.807) is 0 Å². The van der Waals surface area contributed by atoms with Gasteiger partial charge in [0.1, 0.15) is 0 Å². The van der Waals surface area contributed by atoms with Crippen molar-refractivity contribution in [3.8, 4) is 5.69 Å². The van der Waals surface area contributed by atoms with Crippen molar-refractivity contribution in [3.63, 3.8) is 0 Å². The number of hydrogen-bond donors (Lipinski definition) is 1. The van der Waals surface area contributed by atoms with Gasteiger partial charge in [-0.1, -0.05) is 49.2 Å². The highest BCUT2D eigenvalue weighted by molar-refractivity contribution is 7.80. The number of pyridine rings is 1. The number of halogens is 2. The van der Waals surface area contributed by atoms with E-state index in [4.69, 9.17) is 40.4 Å². The van der Waals surface area contributed by atoms with Gasteiger partial charge in [0.2, 0.25) is 0 Å². The molecule has 2 aromatic carbocycles. The van der Waals surface area contributed by atoms with Gasteiger partial charge in [-0.3, -0.25) is 4.98 Å². The van der Waals surface area contributed by atoms with Crippen molar-refractivity contribution in [2.75, 3.05) is 22.9 Å². The lowest BCUT2D eigenvalue weighted by atomic mass is 9.91. The van der Waals surface area contributed by atoms with Crippen LogP contribution in [0.2, 0.25) is 10.0 Å². The van der Waals surface area contributed by atoms with Crippen LogP contribution in [0.3, 0.4) is 0 Å². The van der Waals surface area contributed by atoms with Crippen LogP contribution in [0.4, 0.5) is 11.4 Å². The molecule has 0 radical (unpaired) electrons. The zero-order valence-corrected chi connectivity index (χ0v) is 27.1. The molecule has 0 aliphatic carbocycles. The fraction of sp³-hybridized carbons (Fsp3) is 0.353.